The van der Waals surface area contributed by atoms with E-state index >= 15 is 34.9 Å². The summed E-state index contributed by atoms with van der Waals surface area (Å²) in [7, 11) is 10.7. The van der Waals surface area contributed by atoms with Crippen LogP contribution in [0.4, 0.5) is 34.9 Å². The highest BCUT2D eigenvalue weighted by atomic mass is 127. The first-order valence-corrected chi connectivity index (χ1v) is 19.4. The summed E-state index contributed by atoms with van der Waals surface area (Å²) in [4.78, 5) is 0. The first kappa shape index (κ1) is 39.2. The first-order valence-electron chi connectivity index (χ1n) is 13.6. The second kappa shape index (κ2) is 14.1. The fourth-order valence-corrected chi connectivity index (χ4v) is 12.9. The normalized spacial score (nSPS) is 16.7. The molecule has 49 heavy (non-hydrogen) atoms. The van der Waals surface area contributed by atoms with Gasteiger partial charge in [0.05, 0.1) is 16.3 Å². The molecule has 0 N–H and O–H groups in total. The Labute approximate surface area is 306 Å². The fourth-order valence-electron chi connectivity index (χ4n) is 6.41. The van der Waals surface area contributed by atoms with Crippen molar-refractivity contribution in [3.63, 3.8) is 0 Å². The lowest BCUT2D eigenvalue weighted by molar-refractivity contribution is 0.416. The van der Waals surface area contributed by atoms with E-state index < -0.39 is 87.5 Å². The molecule has 0 fully saturated rings. The fraction of sp³-hybridized carbons (Fsp3) is 0.0303. The van der Waals surface area contributed by atoms with Crippen LogP contribution in [0.1, 0.15) is 44.5 Å². The molecule has 5 rings (SSSR count). The van der Waals surface area contributed by atoms with Gasteiger partial charge in [-0.15, -0.1) is 55.4 Å². The van der Waals surface area contributed by atoms with Crippen molar-refractivity contribution in [2.24, 2.45) is 0 Å². The van der Waals surface area contributed by atoms with Crippen molar-refractivity contribution < 1.29 is 34.9 Å². The molecule has 254 valence electrons. The molecule has 0 amide bonds. The number of hydrogen-bond acceptors (Lipinski definition) is 0. The topological polar surface area (TPSA) is 0 Å². The van der Waals surface area contributed by atoms with Gasteiger partial charge in [0, 0.05) is 25.6 Å². The Morgan fingerprint density at radius 1 is 0.449 bits per heavy atom. The molecule has 0 saturated carbocycles. The summed E-state index contributed by atoms with van der Waals surface area (Å²) < 4.78 is 133. The third kappa shape index (κ3) is 5.23. The van der Waals surface area contributed by atoms with Gasteiger partial charge in [-0.3, -0.25) is 0 Å². The SMILES string of the molecule is C=Cc1c(F)c(F)c(C2(c3c(P)c(P)c(C=C)c(I)c3P)c3c(F)c(F)c(C=C)c(F)c3P(F)c3c(P)c(C=C)c(P)c(P)c32)c(F)c1F. The molecule has 1 heterocycles. The van der Waals surface area contributed by atoms with Crippen molar-refractivity contribution in [1.82, 2.24) is 0 Å². The summed E-state index contributed by atoms with van der Waals surface area (Å²) in [6.45, 7) is 14.2. The summed E-state index contributed by atoms with van der Waals surface area (Å²) in [5.74, 6) is -13.2. The minimum atomic E-state index is -3.50. The van der Waals surface area contributed by atoms with Crippen LogP contribution in [-0.4, -0.2) is 0 Å². The van der Waals surface area contributed by atoms with Crippen LogP contribution < -0.4 is 42.4 Å². The molecule has 0 radical (unpaired) electrons. The lowest BCUT2D eigenvalue weighted by Crippen LogP contribution is -2.57. The predicted octanol–water partition coefficient (Wildman–Crippen LogP) is 6.85. The van der Waals surface area contributed by atoms with Crippen molar-refractivity contribution in [3.05, 3.63) is 115 Å². The summed E-state index contributed by atoms with van der Waals surface area (Å²) >= 11 is 1.89. The standard InChI is InChI=1S/C33H24F8IP7/c1-5-9-17(34)21(38)13(22(39)18(9)35)33(15-28(46)24(42)11(7-3)25(43)29(15)47)14-23(40)19(36)10(6-2)20(37)31(14)49(41)32-16(33)30(48)26(44)12(8-4)27(32)45/h5-8H,1-4,43-48H2. The highest BCUT2D eigenvalue weighted by Crippen LogP contribution is 2.57. The molecule has 8 unspecified atom stereocenters. The molecule has 0 bridgehead atoms. The van der Waals surface area contributed by atoms with Gasteiger partial charge in [0.1, 0.15) is 14.0 Å². The van der Waals surface area contributed by atoms with Crippen molar-refractivity contribution >= 4 is 153 Å². The average molecular weight is 916 g/mol. The Kier molecular flexibility index (Phi) is 11.3. The Hall–Kier alpha value is -0.980. The van der Waals surface area contributed by atoms with E-state index in [9.17, 15) is 0 Å². The Morgan fingerprint density at radius 2 is 0.857 bits per heavy atom. The molecule has 0 saturated heterocycles. The molecule has 1 aliphatic heterocycles. The van der Waals surface area contributed by atoms with Gasteiger partial charge in [0.15, 0.2) is 34.9 Å². The van der Waals surface area contributed by atoms with Gasteiger partial charge in [-0.1, -0.05) is 50.6 Å². The molecule has 0 nitrogen and oxygen atoms in total. The van der Waals surface area contributed by atoms with E-state index in [1.165, 1.54) is 12.2 Å². The Morgan fingerprint density at radius 3 is 1.33 bits per heavy atom. The third-order valence-electron chi connectivity index (χ3n) is 8.56. The molecule has 1 aliphatic rings. The van der Waals surface area contributed by atoms with Crippen LogP contribution in [0.5, 0.6) is 0 Å². The number of benzene rings is 4. The smallest absolute Gasteiger partial charge is 0.169 e. The van der Waals surface area contributed by atoms with Gasteiger partial charge >= 0.3 is 0 Å². The van der Waals surface area contributed by atoms with Crippen LogP contribution in [0.15, 0.2) is 26.3 Å². The Bertz CT molecular complexity index is 2020. The summed E-state index contributed by atoms with van der Waals surface area (Å²) in [5, 5.41) is -0.690. The molecule has 16 heteroatoms. The number of fused-ring (bicyclic) bond motifs is 2. The van der Waals surface area contributed by atoms with Crippen LogP contribution >= 0.6 is 86.3 Å². The molecule has 0 spiro atoms. The van der Waals surface area contributed by atoms with Gasteiger partial charge in [0.2, 0.25) is 0 Å². The van der Waals surface area contributed by atoms with Gasteiger partial charge in [0.25, 0.3) is 0 Å². The van der Waals surface area contributed by atoms with Crippen LogP contribution in [0.25, 0.3) is 24.3 Å². The van der Waals surface area contributed by atoms with Crippen LogP contribution in [0, 0.1) is 44.3 Å². The maximum Gasteiger partial charge on any atom is 0.169 e. The molecule has 0 aromatic heterocycles. The highest BCUT2D eigenvalue weighted by Gasteiger charge is 2.58. The highest BCUT2D eigenvalue weighted by molar-refractivity contribution is 14.1. The number of rotatable bonds is 6. The van der Waals surface area contributed by atoms with Crippen LogP contribution in [0.3, 0.4) is 0 Å². The van der Waals surface area contributed by atoms with Crippen molar-refractivity contribution in [1.29, 1.82) is 0 Å². The Balaban J connectivity index is 2.39. The zero-order valence-electron chi connectivity index (χ0n) is 25.0. The van der Waals surface area contributed by atoms with Gasteiger partial charge in [-0.05, 0) is 76.7 Å². The van der Waals surface area contributed by atoms with Gasteiger partial charge < -0.3 is 0 Å². The van der Waals surface area contributed by atoms with E-state index in [1.807, 2.05) is 22.6 Å². The van der Waals surface area contributed by atoms with Crippen LogP contribution in [0.2, 0.25) is 0 Å². The van der Waals surface area contributed by atoms with E-state index in [0.717, 1.165) is 0 Å². The van der Waals surface area contributed by atoms with Gasteiger partial charge in [-0.25, -0.2) is 34.9 Å². The van der Waals surface area contributed by atoms with E-state index in [0.29, 0.717) is 32.2 Å². The second-order valence-electron chi connectivity index (χ2n) is 10.7. The lowest BCUT2D eigenvalue weighted by Gasteiger charge is -2.47. The molecule has 8 atom stereocenters. The van der Waals surface area contributed by atoms with Crippen molar-refractivity contribution in [3.8, 4) is 0 Å². The van der Waals surface area contributed by atoms with E-state index in [4.69, 9.17) is 0 Å². The molecule has 4 aromatic carbocycles. The average Bonchev–Trinajstić information content (AvgIpc) is 3.06. The molecular formula is C33H24F8IP7. The van der Waals surface area contributed by atoms with E-state index in [-0.39, 0.29) is 37.4 Å². The third-order valence-corrected chi connectivity index (χ3v) is 16.5. The molecule has 0 aliphatic carbocycles. The van der Waals surface area contributed by atoms with Crippen LogP contribution in [-0.2, 0) is 5.41 Å². The quantitative estimate of drug-likeness (QED) is 0.0861. The zero-order valence-corrected chi connectivity index (χ0v) is 34.9. The minimum absolute atomic E-state index is 0.0146. The largest absolute Gasteiger partial charge is 0.216 e. The minimum Gasteiger partial charge on any atom is -0.216 e. The molecule has 4 aromatic rings. The van der Waals surface area contributed by atoms with E-state index in [2.05, 4.69) is 81.8 Å². The molecular weight excluding hydrogens is 892 g/mol. The summed E-state index contributed by atoms with van der Waals surface area (Å²) in [6.07, 6.45) is 4.03. The second-order valence-corrected chi connectivity index (χ2v) is 16.7. The predicted molar refractivity (Wildman–Crippen MR) is 221 cm³/mol. The summed E-state index contributed by atoms with van der Waals surface area (Å²) in [6, 6.07) is 0. The zero-order chi connectivity index (χ0) is 36.8. The van der Waals surface area contributed by atoms with E-state index in [1.54, 1.807) is 0 Å². The summed E-state index contributed by atoms with van der Waals surface area (Å²) in [5.41, 5.74) is -7.75. The van der Waals surface area contributed by atoms with Gasteiger partial charge in [-0.2, -0.15) is 0 Å². The number of hydrogen-bond donors (Lipinski definition) is 0. The maximum atomic E-state index is 17.3. The first-order chi connectivity index (χ1) is 22.9. The monoisotopic (exact) mass is 916 g/mol. The van der Waals surface area contributed by atoms with Crippen molar-refractivity contribution in [2.45, 2.75) is 5.41 Å². The van der Waals surface area contributed by atoms with Crippen molar-refractivity contribution in [2.75, 3.05) is 0 Å². The maximum absolute atomic E-state index is 17.3. The lowest BCUT2D eigenvalue weighted by atomic mass is 9.63. The number of halogens is 9.